The normalized spacial score (nSPS) is 20.8. The Morgan fingerprint density at radius 3 is 3.00 bits per heavy atom. The Kier molecular flexibility index (Phi) is 4.30. The van der Waals surface area contributed by atoms with Gasteiger partial charge in [-0.2, -0.15) is 0 Å². The van der Waals surface area contributed by atoms with Crippen molar-refractivity contribution in [1.82, 2.24) is 5.32 Å². The molecule has 1 N–H and O–H groups in total. The molecule has 0 saturated carbocycles. The second-order valence-corrected chi connectivity index (χ2v) is 5.99. The number of nitrogens with one attached hydrogen (secondary N) is 1. The Morgan fingerprint density at radius 1 is 1.44 bits per heavy atom. The van der Waals surface area contributed by atoms with Crippen molar-refractivity contribution in [2.45, 2.75) is 49.3 Å². The Labute approximate surface area is 103 Å². The average molecular weight is 235 g/mol. The van der Waals surface area contributed by atoms with Gasteiger partial charge in [0.1, 0.15) is 0 Å². The van der Waals surface area contributed by atoms with Gasteiger partial charge in [-0.15, -0.1) is 11.8 Å². The van der Waals surface area contributed by atoms with Gasteiger partial charge < -0.3 is 5.32 Å². The minimum atomic E-state index is 0.661. The van der Waals surface area contributed by atoms with Gasteiger partial charge in [0.05, 0.1) is 0 Å². The monoisotopic (exact) mass is 235 g/mol. The van der Waals surface area contributed by atoms with Gasteiger partial charge in [-0.3, -0.25) is 0 Å². The van der Waals surface area contributed by atoms with Crippen LogP contribution in [0.2, 0.25) is 0 Å². The van der Waals surface area contributed by atoms with Gasteiger partial charge in [-0.05, 0) is 31.4 Å². The molecule has 2 unspecified atom stereocenters. The van der Waals surface area contributed by atoms with Crippen LogP contribution < -0.4 is 5.32 Å². The zero-order valence-corrected chi connectivity index (χ0v) is 11.0. The molecule has 2 rings (SSSR count). The maximum absolute atomic E-state index is 3.64. The molecule has 0 aromatic heterocycles. The van der Waals surface area contributed by atoms with Crippen molar-refractivity contribution in [2.75, 3.05) is 6.54 Å². The van der Waals surface area contributed by atoms with E-state index in [9.17, 15) is 0 Å². The Morgan fingerprint density at radius 2 is 2.25 bits per heavy atom. The van der Waals surface area contributed by atoms with Crippen molar-refractivity contribution in [3.05, 3.63) is 29.8 Å². The first-order valence-corrected chi connectivity index (χ1v) is 7.15. The van der Waals surface area contributed by atoms with Gasteiger partial charge >= 0.3 is 0 Å². The van der Waals surface area contributed by atoms with E-state index in [-0.39, 0.29) is 0 Å². The summed E-state index contributed by atoms with van der Waals surface area (Å²) in [5.41, 5.74) is 1.53. The predicted molar refractivity (Wildman–Crippen MR) is 72.2 cm³/mol. The van der Waals surface area contributed by atoms with Crippen LogP contribution in [0.1, 0.15) is 32.3 Å². The van der Waals surface area contributed by atoms with Crippen LogP contribution >= 0.6 is 11.8 Å². The molecule has 88 valence electrons. The number of hydrogen-bond acceptors (Lipinski definition) is 2. The fourth-order valence-electron chi connectivity index (χ4n) is 2.24. The number of fused-ring (bicyclic) bond motifs is 1. The fourth-order valence-corrected chi connectivity index (χ4v) is 3.50. The molecule has 0 bridgehead atoms. The molecule has 0 fully saturated rings. The van der Waals surface area contributed by atoms with Crippen molar-refractivity contribution in [2.24, 2.45) is 0 Å². The summed E-state index contributed by atoms with van der Waals surface area (Å²) in [6.07, 6.45) is 3.78. The predicted octanol–water partition coefficient (Wildman–Crippen LogP) is 3.48. The van der Waals surface area contributed by atoms with Gasteiger partial charge in [-0.1, -0.05) is 31.5 Å². The quantitative estimate of drug-likeness (QED) is 0.838. The first-order valence-electron chi connectivity index (χ1n) is 6.27. The molecule has 2 heteroatoms. The number of benzene rings is 1. The molecule has 0 radical (unpaired) electrons. The Bertz CT molecular complexity index is 312. The summed E-state index contributed by atoms with van der Waals surface area (Å²) in [6.45, 7) is 5.68. The highest BCUT2D eigenvalue weighted by Gasteiger charge is 2.21. The van der Waals surface area contributed by atoms with Crippen LogP contribution in [0.5, 0.6) is 0 Å². The maximum atomic E-state index is 3.64. The Balaban J connectivity index is 1.79. The third kappa shape index (κ3) is 3.02. The lowest BCUT2D eigenvalue weighted by Crippen LogP contribution is -2.32. The number of rotatable bonds is 5. The zero-order valence-electron chi connectivity index (χ0n) is 10.2. The smallest absolute Gasteiger partial charge is 0.0260 e. The van der Waals surface area contributed by atoms with E-state index < -0.39 is 0 Å². The molecule has 0 amide bonds. The van der Waals surface area contributed by atoms with E-state index in [4.69, 9.17) is 0 Å². The van der Waals surface area contributed by atoms with Crippen molar-refractivity contribution in [3.63, 3.8) is 0 Å². The maximum Gasteiger partial charge on any atom is 0.0260 e. The van der Waals surface area contributed by atoms with Crippen LogP contribution in [0.15, 0.2) is 29.2 Å². The summed E-state index contributed by atoms with van der Waals surface area (Å²) in [5, 5.41) is 4.37. The molecule has 0 saturated heterocycles. The molecule has 1 aliphatic rings. The first kappa shape index (κ1) is 12.0. The van der Waals surface area contributed by atoms with Crippen LogP contribution in [0.25, 0.3) is 0 Å². The number of hydrogen-bond donors (Lipinski definition) is 1. The summed E-state index contributed by atoms with van der Waals surface area (Å²) in [7, 11) is 0. The second-order valence-electron chi connectivity index (χ2n) is 4.65. The lowest BCUT2D eigenvalue weighted by molar-refractivity contribution is 0.507. The van der Waals surface area contributed by atoms with Gasteiger partial charge in [0.2, 0.25) is 0 Å². The molecule has 1 aliphatic heterocycles. The average Bonchev–Trinajstić information content (AvgIpc) is 2.69. The molecular formula is C14H21NS. The molecule has 1 aromatic rings. The highest BCUT2D eigenvalue weighted by molar-refractivity contribution is 8.00. The van der Waals surface area contributed by atoms with E-state index in [1.54, 1.807) is 0 Å². The minimum Gasteiger partial charge on any atom is -0.313 e. The van der Waals surface area contributed by atoms with E-state index in [2.05, 4.69) is 43.4 Å². The van der Waals surface area contributed by atoms with Crippen LogP contribution in [0, 0.1) is 0 Å². The molecule has 2 atom stereocenters. The molecule has 0 spiro atoms. The summed E-state index contributed by atoms with van der Waals surface area (Å²) in [5.74, 6) is 0. The highest BCUT2D eigenvalue weighted by atomic mass is 32.2. The molecule has 1 nitrogen and oxygen atoms in total. The van der Waals surface area contributed by atoms with Gasteiger partial charge in [0, 0.05) is 22.7 Å². The number of thioether (sulfide) groups is 1. The standard InChI is InChI=1S/C14H21NS/c1-3-6-11(2)15-10-13-9-12-7-4-5-8-14(12)16-13/h4-5,7-8,11,13,15H,3,6,9-10H2,1-2H3. The SMILES string of the molecule is CCCC(C)NCC1Cc2ccccc2S1. The van der Waals surface area contributed by atoms with E-state index in [1.165, 1.54) is 29.7 Å². The molecular weight excluding hydrogens is 214 g/mol. The van der Waals surface area contributed by atoms with E-state index in [0.29, 0.717) is 6.04 Å². The van der Waals surface area contributed by atoms with Crippen molar-refractivity contribution < 1.29 is 0 Å². The third-order valence-corrected chi connectivity index (χ3v) is 4.45. The molecule has 1 aromatic carbocycles. The summed E-state index contributed by atoms with van der Waals surface area (Å²) < 4.78 is 0. The summed E-state index contributed by atoms with van der Waals surface area (Å²) in [6, 6.07) is 9.46. The molecule has 0 aliphatic carbocycles. The van der Waals surface area contributed by atoms with Crippen LogP contribution in [-0.4, -0.2) is 17.8 Å². The van der Waals surface area contributed by atoms with Gasteiger partial charge in [-0.25, -0.2) is 0 Å². The highest BCUT2D eigenvalue weighted by Crippen LogP contribution is 2.36. The largest absolute Gasteiger partial charge is 0.313 e. The van der Waals surface area contributed by atoms with Gasteiger partial charge in [0.15, 0.2) is 0 Å². The second kappa shape index (κ2) is 5.74. The van der Waals surface area contributed by atoms with E-state index in [1.807, 2.05) is 11.8 Å². The van der Waals surface area contributed by atoms with E-state index >= 15 is 0 Å². The topological polar surface area (TPSA) is 12.0 Å². The van der Waals surface area contributed by atoms with Crippen LogP contribution in [0.3, 0.4) is 0 Å². The zero-order chi connectivity index (χ0) is 11.4. The lowest BCUT2D eigenvalue weighted by atomic mass is 10.1. The summed E-state index contributed by atoms with van der Waals surface area (Å²) in [4.78, 5) is 1.48. The van der Waals surface area contributed by atoms with Crippen molar-refractivity contribution in [3.8, 4) is 0 Å². The summed E-state index contributed by atoms with van der Waals surface area (Å²) >= 11 is 2.03. The van der Waals surface area contributed by atoms with Crippen molar-refractivity contribution >= 4 is 11.8 Å². The lowest BCUT2D eigenvalue weighted by Gasteiger charge is -2.15. The van der Waals surface area contributed by atoms with Crippen LogP contribution in [-0.2, 0) is 6.42 Å². The minimum absolute atomic E-state index is 0.661. The van der Waals surface area contributed by atoms with Crippen molar-refractivity contribution in [1.29, 1.82) is 0 Å². The Hall–Kier alpha value is -0.470. The van der Waals surface area contributed by atoms with Gasteiger partial charge in [0.25, 0.3) is 0 Å². The molecule has 1 heterocycles. The van der Waals surface area contributed by atoms with Crippen LogP contribution in [0.4, 0.5) is 0 Å². The van der Waals surface area contributed by atoms with E-state index in [0.717, 1.165) is 11.8 Å². The first-order chi connectivity index (χ1) is 7.79. The molecule has 16 heavy (non-hydrogen) atoms. The third-order valence-electron chi connectivity index (χ3n) is 3.13. The fraction of sp³-hybridized carbons (Fsp3) is 0.571.